The van der Waals surface area contributed by atoms with E-state index in [2.05, 4.69) is 5.32 Å². The summed E-state index contributed by atoms with van der Waals surface area (Å²) >= 11 is 0. The monoisotopic (exact) mass is 246 g/mol. The Morgan fingerprint density at radius 2 is 2.29 bits per heavy atom. The van der Waals surface area contributed by atoms with Crippen molar-refractivity contribution in [3.63, 3.8) is 0 Å². The van der Waals surface area contributed by atoms with E-state index in [1.807, 2.05) is 0 Å². The molecule has 0 spiro atoms. The number of carboxylic acid groups (broad SMARTS) is 1. The number of aliphatic hydroxyl groups is 1. The van der Waals surface area contributed by atoms with Crippen LogP contribution in [0.25, 0.3) is 0 Å². The van der Waals surface area contributed by atoms with E-state index < -0.39 is 24.6 Å². The van der Waals surface area contributed by atoms with Gasteiger partial charge in [-0.15, -0.1) is 0 Å². The van der Waals surface area contributed by atoms with Gasteiger partial charge in [0.1, 0.15) is 0 Å². The van der Waals surface area contributed by atoms with E-state index in [0.29, 0.717) is 13.1 Å². The van der Waals surface area contributed by atoms with Crippen LogP contribution in [-0.2, 0) is 9.53 Å². The SMILES string of the molecule is COC1CCCN(C(=O)NC(CO)C(=O)O)C1. The Morgan fingerprint density at radius 1 is 1.59 bits per heavy atom. The first-order valence-corrected chi connectivity index (χ1v) is 5.50. The molecular weight excluding hydrogens is 228 g/mol. The van der Waals surface area contributed by atoms with Crippen LogP contribution in [0.2, 0.25) is 0 Å². The maximum Gasteiger partial charge on any atom is 0.328 e. The highest BCUT2D eigenvalue weighted by Crippen LogP contribution is 2.12. The van der Waals surface area contributed by atoms with Crippen molar-refractivity contribution in [1.82, 2.24) is 10.2 Å². The van der Waals surface area contributed by atoms with E-state index in [0.717, 1.165) is 12.8 Å². The van der Waals surface area contributed by atoms with Crippen molar-refractivity contribution in [3.8, 4) is 0 Å². The molecule has 1 heterocycles. The average molecular weight is 246 g/mol. The molecule has 1 aliphatic rings. The van der Waals surface area contributed by atoms with Crippen molar-refractivity contribution in [3.05, 3.63) is 0 Å². The molecule has 1 saturated heterocycles. The zero-order chi connectivity index (χ0) is 12.8. The van der Waals surface area contributed by atoms with Crippen LogP contribution in [0.5, 0.6) is 0 Å². The maximum atomic E-state index is 11.7. The number of hydrogen-bond acceptors (Lipinski definition) is 4. The highest BCUT2D eigenvalue weighted by atomic mass is 16.5. The summed E-state index contributed by atoms with van der Waals surface area (Å²) in [4.78, 5) is 23.9. The molecule has 0 bridgehead atoms. The third-order valence-electron chi connectivity index (χ3n) is 2.78. The Morgan fingerprint density at radius 3 is 2.82 bits per heavy atom. The Hall–Kier alpha value is -1.34. The quantitative estimate of drug-likeness (QED) is 0.606. The third-order valence-corrected chi connectivity index (χ3v) is 2.78. The topological polar surface area (TPSA) is 99.1 Å². The molecular formula is C10H18N2O5. The van der Waals surface area contributed by atoms with E-state index in [4.69, 9.17) is 14.9 Å². The molecule has 7 nitrogen and oxygen atoms in total. The molecule has 1 fully saturated rings. The highest BCUT2D eigenvalue weighted by Gasteiger charge is 2.26. The van der Waals surface area contributed by atoms with Crippen molar-refractivity contribution in [2.24, 2.45) is 0 Å². The second kappa shape index (κ2) is 6.41. The van der Waals surface area contributed by atoms with Crippen molar-refractivity contribution in [1.29, 1.82) is 0 Å². The van der Waals surface area contributed by atoms with E-state index in [1.165, 1.54) is 4.90 Å². The predicted molar refractivity (Wildman–Crippen MR) is 58.6 cm³/mol. The van der Waals surface area contributed by atoms with E-state index in [1.54, 1.807) is 7.11 Å². The van der Waals surface area contributed by atoms with Crippen LogP contribution < -0.4 is 5.32 Å². The van der Waals surface area contributed by atoms with Crippen LogP contribution >= 0.6 is 0 Å². The number of aliphatic carboxylic acids is 1. The molecule has 2 unspecified atom stereocenters. The van der Waals surface area contributed by atoms with Gasteiger partial charge in [0.25, 0.3) is 0 Å². The highest BCUT2D eigenvalue weighted by molar-refractivity contribution is 5.82. The molecule has 1 aliphatic heterocycles. The molecule has 0 aromatic heterocycles. The molecule has 0 radical (unpaired) electrons. The van der Waals surface area contributed by atoms with Crippen molar-refractivity contribution in [2.75, 3.05) is 26.8 Å². The van der Waals surface area contributed by atoms with Gasteiger partial charge in [-0.25, -0.2) is 9.59 Å². The van der Waals surface area contributed by atoms with Crippen LogP contribution in [-0.4, -0.2) is 66.1 Å². The summed E-state index contributed by atoms with van der Waals surface area (Å²) < 4.78 is 5.16. The van der Waals surface area contributed by atoms with Crippen LogP contribution in [0.4, 0.5) is 4.79 Å². The summed E-state index contributed by atoms with van der Waals surface area (Å²) in [6.45, 7) is 0.395. The number of carbonyl (C=O) groups excluding carboxylic acids is 1. The minimum Gasteiger partial charge on any atom is -0.480 e. The van der Waals surface area contributed by atoms with Crippen LogP contribution in [0, 0.1) is 0 Å². The molecule has 0 aromatic rings. The lowest BCUT2D eigenvalue weighted by Gasteiger charge is -2.32. The van der Waals surface area contributed by atoms with Gasteiger partial charge in [-0.05, 0) is 12.8 Å². The largest absolute Gasteiger partial charge is 0.480 e. The van der Waals surface area contributed by atoms with Crippen molar-refractivity contribution >= 4 is 12.0 Å². The van der Waals surface area contributed by atoms with Gasteiger partial charge in [0.2, 0.25) is 0 Å². The summed E-state index contributed by atoms with van der Waals surface area (Å²) in [5.41, 5.74) is 0. The minimum absolute atomic E-state index is 0.00750. The van der Waals surface area contributed by atoms with Gasteiger partial charge in [0.05, 0.1) is 12.7 Å². The van der Waals surface area contributed by atoms with Gasteiger partial charge in [0, 0.05) is 20.2 Å². The molecule has 2 amide bonds. The number of methoxy groups -OCH3 is 1. The van der Waals surface area contributed by atoms with Crippen LogP contribution in [0.1, 0.15) is 12.8 Å². The number of carbonyl (C=O) groups is 2. The molecule has 0 aliphatic carbocycles. The third kappa shape index (κ3) is 3.86. The second-order valence-electron chi connectivity index (χ2n) is 3.97. The van der Waals surface area contributed by atoms with E-state index in [-0.39, 0.29) is 6.10 Å². The van der Waals surface area contributed by atoms with Crippen molar-refractivity contribution in [2.45, 2.75) is 25.0 Å². The summed E-state index contributed by atoms with van der Waals surface area (Å²) in [7, 11) is 1.58. The van der Waals surface area contributed by atoms with Gasteiger partial charge in [0.15, 0.2) is 6.04 Å². The summed E-state index contributed by atoms with van der Waals surface area (Å²) in [5, 5.41) is 19.8. The Kier molecular flexibility index (Phi) is 5.17. The van der Waals surface area contributed by atoms with Gasteiger partial charge in [-0.2, -0.15) is 0 Å². The fourth-order valence-electron chi connectivity index (χ4n) is 1.74. The molecule has 0 aromatic carbocycles. The molecule has 17 heavy (non-hydrogen) atoms. The number of amides is 2. The van der Waals surface area contributed by atoms with Gasteiger partial charge in [-0.1, -0.05) is 0 Å². The molecule has 7 heteroatoms. The smallest absolute Gasteiger partial charge is 0.328 e. The molecule has 0 saturated carbocycles. The minimum atomic E-state index is -1.26. The van der Waals surface area contributed by atoms with Crippen LogP contribution in [0.3, 0.4) is 0 Å². The molecule has 1 rings (SSSR count). The lowest BCUT2D eigenvalue weighted by molar-refractivity contribution is -0.140. The zero-order valence-electron chi connectivity index (χ0n) is 9.76. The second-order valence-corrected chi connectivity index (χ2v) is 3.97. The predicted octanol–water partition coefficient (Wildman–Crippen LogP) is -0.748. The standard InChI is InChI=1S/C10H18N2O5/c1-17-7-3-2-4-12(5-7)10(16)11-8(6-13)9(14)15/h7-8,13H,2-6H2,1H3,(H,11,16)(H,14,15). The van der Waals surface area contributed by atoms with Gasteiger partial charge in [-0.3, -0.25) is 0 Å². The number of aliphatic hydroxyl groups excluding tert-OH is 1. The first-order valence-electron chi connectivity index (χ1n) is 5.50. The molecule has 98 valence electrons. The maximum absolute atomic E-state index is 11.7. The first-order chi connectivity index (χ1) is 8.08. The first kappa shape index (κ1) is 13.7. The van der Waals surface area contributed by atoms with Crippen LogP contribution in [0.15, 0.2) is 0 Å². The normalized spacial score (nSPS) is 22.0. The van der Waals surface area contributed by atoms with Gasteiger partial charge >= 0.3 is 12.0 Å². The fourth-order valence-corrected chi connectivity index (χ4v) is 1.74. The Labute approximate surface area is 99.4 Å². The number of rotatable bonds is 4. The fraction of sp³-hybridized carbons (Fsp3) is 0.800. The lowest BCUT2D eigenvalue weighted by atomic mass is 10.1. The summed E-state index contributed by atoms with van der Waals surface area (Å²) in [5.74, 6) is -1.25. The number of nitrogens with zero attached hydrogens (tertiary/aromatic N) is 1. The Balaban J connectivity index is 2.48. The number of hydrogen-bond donors (Lipinski definition) is 3. The van der Waals surface area contributed by atoms with E-state index >= 15 is 0 Å². The number of likely N-dealkylation sites (tertiary alicyclic amines) is 1. The number of ether oxygens (including phenoxy) is 1. The number of urea groups is 1. The Bertz CT molecular complexity index is 284. The number of nitrogens with one attached hydrogen (secondary N) is 1. The van der Waals surface area contributed by atoms with Gasteiger partial charge < -0.3 is 25.2 Å². The number of piperidine rings is 1. The van der Waals surface area contributed by atoms with Crippen molar-refractivity contribution < 1.29 is 24.5 Å². The molecule has 3 N–H and O–H groups in total. The zero-order valence-corrected chi connectivity index (χ0v) is 9.76. The average Bonchev–Trinajstić information content (AvgIpc) is 2.35. The summed E-state index contributed by atoms with van der Waals surface area (Å²) in [6.07, 6.45) is 1.71. The lowest BCUT2D eigenvalue weighted by Crippen LogP contribution is -2.53. The summed E-state index contributed by atoms with van der Waals surface area (Å²) in [6, 6.07) is -1.74. The molecule has 2 atom stereocenters. The van der Waals surface area contributed by atoms with E-state index in [9.17, 15) is 9.59 Å². The number of carboxylic acids is 1.